The van der Waals surface area contributed by atoms with E-state index >= 15 is 0 Å². The lowest BCUT2D eigenvalue weighted by molar-refractivity contribution is 0.0533. The van der Waals surface area contributed by atoms with Crippen LogP contribution in [0, 0.1) is 0 Å². The van der Waals surface area contributed by atoms with Crippen molar-refractivity contribution in [2.45, 2.75) is 56.6 Å². The first-order valence-electron chi connectivity index (χ1n) is 8.76. The number of aryl methyl sites for hydroxylation is 2. The molecule has 2 aromatic rings. The van der Waals surface area contributed by atoms with Gasteiger partial charge in [0.15, 0.2) is 0 Å². The highest BCUT2D eigenvalue weighted by Crippen LogP contribution is 2.38. The predicted molar refractivity (Wildman–Crippen MR) is 95.3 cm³/mol. The van der Waals surface area contributed by atoms with Gasteiger partial charge in [0, 0.05) is 0 Å². The van der Waals surface area contributed by atoms with E-state index in [0.29, 0.717) is 18.8 Å². The van der Waals surface area contributed by atoms with Crippen molar-refractivity contribution in [1.82, 2.24) is 0 Å². The second-order valence-electron chi connectivity index (χ2n) is 6.98. The summed E-state index contributed by atoms with van der Waals surface area (Å²) in [7, 11) is 0. The van der Waals surface area contributed by atoms with Crippen LogP contribution in [0.5, 0.6) is 0 Å². The zero-order valence-electron chi connectivity index (χ0n) is 13.7. The van der Waals surface area contributed by atoms with E-state index < -0.39 is 5.72 Å². The molecule has 0 aliphatic heterocycles. The lowest BCUT2D eigenvalue weighted by atomic mass is 9.95. The van der Waals surface area contributed by atoms with Gasteiger partial charge < -0.3 is 10.8 Å². The second kappa shape index (κ2) is 7.29. The Hall–Kier alpha value is -1.64. The van der Waals surface area contributed by atoms with Gasteiger partial charge in [-0.1, -0.05) is 54.6 Å². The zero-order valence-corrected chi connectivity index (χ0v) is 13.7. The van der Waals surface area contributed by atoms with Crippen molar-refractivity contribution in [3.05, 3.63) is 71.3 Å². The molecule has 0 amide bonds. The third-order valence-electron chi connectivity index (χ3n) is 5.00. The summed E-state index contributed by atoms with van der Waals surface area (Å²) in [4.78, 5) is 0. The largest absolute Gasteiger partial charge is 0.376 e. The first kappa shape index (κ1) is 16.2. The molecule has 0 unspecified atom stereocenters. The molecule has 0 spiro atoms. The minimum Gasteiger partial charge on any atom is -0.376 e. The molecule has 1 fully saturated rings. The summed E-state index contributed by atoms with van der Waals surface area (Å²) < 4.78 is 0. The van der Waals surface area contributed by atoms with Crippen LogP contribution in [0.2, 0.25) is 0 Å². The maximum absolute atomic E-state index is 9.90. The minimum atomic E-state index is -0.958. The van der Waals surface area contributed by atoms with Crippen LogP contribution in [0.15, 0.2) is 54.6 Å². The lowest BCUT2D eigenvalue weighted by Gasteiger charge is -2.16. The maximum atomic E-state index is 9.90. The zero-order chi connectivity index (χ0) is 16.1. The average Bonchev–Trinajstić information content (AvgIpc) is 2.93. The molecule has 1 aliphatic rings. The summed E-state index contributed by atoms with van der Waals surface area (Å²) in [5.41, 5.74) is 9.02. The van der Waals surface area contributed by atoms with Crippen molar-refractivity contribution in [2.24, 2.45) is 5.73 Å². The molecule has 2 aromatic carbocycles. The van der Waals surface area contributed by atoms with Gasteiger partial charge in [-0.05, 0) is 67.6 Å². The fraction of sp³-hybridized carbons (Fsp3) is 0.429. The van der Waals surface area contributed by atoms with Gasteiger partial charge in [0.25, 0.3) is 0 Å². The summed E-state index contributed by atoms with van der Waals surface area (Å²) >= 11 is 0. The topological polar surface area (TPSA) is 46.2 Å². The van der Waals surface area contributed by atoms with Gasteiger partial charge in [-0.15, -0.1) is 0 Å². The van der Waals surface area contributed by atoms with Crippen molar-refractivity contribution in [3.8, 4) is 0 Å². The van der Waals surface area contributed by atoms with E-state index in [1.54, 1.807) is 0 Å². The van der Waals surface area contributed by atoms with Crippen LogP contribution in [-0.2, 0) is 12.8 Å². The summed E-state index contributed by atoms with van der Waals surface area (Å²) in [6.45, 7) is 0. The molecular formula is C21H27NO. The van der Waals surface area contributed by atoms with E-state index in [9.17, 15) is 5.11 Å². The van der Waals surface area contributed by atoms with Gasteiger partial charge in [-0.3, -0.25) is 0 Å². The maximum Gasteiger partial charge on any atom is 0.114 e. The molecule has 0 heterocycles. The number of hydrogen-bond donors (Lipinski definition) is 2. The van der Waals surface area contributed by atoms with Crippen molar-refractivity contribution in [1.29, 1.82) is 0 Å². The number of unbranched alkanes of at least 4 members (excludes halogenated alkanes) is 1. The molecular weight excluding hydrogens is 282 g/mol. The van der Waals surface area contributed by atoms with Crippen molar-refractivity contribution < 1.29 is 5.11 Å². The predicted octanol–water partition coefficient (Wildman–Crippen LogP) is 4.17. The summed E-state index contributed by atoms with van der Waals surface area (Å²) in [5, 5.41) is 9.90. The van der Waals surface area contributed by atoms with Crippen LogP contribution in [0.4, 0.5) is 0 Å². The van der Waals surface area contributed by atoms with Gasteiger partial charge in [-0.25, -0.2) is 0 Å². The lowest BCUT2D eigenvalue weighted by Crippen LogP contribution is -2.35. The molecule has 1 aliphatic carbocycles. The van der Waals surface area contributed by atoms with Crippen LogP contribution in [0.1, 0.15) is 54.7 Å². The van der Waals surface area contributed by atoms with Crippen LogP contribution in [0.3, 0.4) is 0 Å². The van der Waals surface area contributed by atoms with Gasteiger partial charge in [0.2, 0.25) is 0 Å². The van der Waals surface area contributed by atoms with Gasteiger partial charge in [-0.2, -0.15) is 0 Å². The minimum absolute atomic E-state index is 0.414. The summed E-state index contributed by atoms with van der Waals surface area (Å²) in [6, 6.07) is 19.6. The highest BCUT2D eigenvalue weighted by molar-refractivity contribution is 5.27. The molecule has 23 heavy (non-hydrogen) atoms. The van der Waals surface area contributed by atoms with Crippen molar-refractivity contribution in [2.75, 3.05) is 0 Å². The van der Waals surface area contributed by atoms with Gasteiger partial charge in [0.05, 0.1) is 0 Å². The fourth-order valence-corrected chi connectivity index (χ4v) is 3.60. The third-order valence-corrected chi connectivity index (χ3v) is 5.00. The third kappa shape index (κ3) is 4.66. The van der Waals surface area contributed by atoms with Gasteiger partial charge >= 0.3 is 0 Å². The molecule has 3 rings (SSSR count). The van der Waals surface area contributed by atoms with E-state index in [0.717, 1.165) is 19.3 Å². The number of benzene rings is 2. The quantitative estimate of drug-likeness (QED) is 0.621. The Labute approximate surface area is 139 Å². The Bertz CT molecular complexity index is 603. The van der Waals surface area contributed by atoms with Crippen LogP contribution in [-0.4, -0.2) is 10.8 Å². The molecule has 0 aromatic heterocycles. The van der Waals surface area contributed by atoms with Crippen LogP contribution >= 0.6 is 0 Å². The van der Waals surface area contributed by atoms with E-state index in [4.69, 9.17) is 5.73 Å². The smallest absolute Gasteiger partial charge is 0.114 e. The van der Waals surface area contributed by atoms with Crippen LogP contribution < -0.4 is 5.73 Å². The Morgan fingerprint density at radius 3 is 2.09 bits per heavy atom. The van der Waals surface area contributed by atoms with E-state index in [2.05, 4.69) is 54.6 Å². The Morgan fingerprint density at radius 1 is 0.913 bits per heavy atom. The highest BCUT2D eigenvalue weighted by Gasteiger charge is 2.34. The van der Waals surface area contributed by atoms with E-state index in [1.165, 1.54) is 29.5 Å². The van der Waals surface area contributed by atoms with E-state index in [1.807, 2.05) is 0 Å². The Morgan fingerprint density at radius 2 is 1.52 bits per heavy atom. The Balaban J connectivity index is 1.45. The number of hydrogen-bond acceptors (Lipinski definition) is 2. The van der Waals surface area contributed by atoms with Crippen molar-refractivity contribution >= 4 is 0 Å². The molecule has 3 N–H and O–H groups in total. The average molecular weight is 309 g/mol. The first-order chi connectivity index (χ1) is 11.1. The molecule has 0 bridgehead atoms. The van der Waals surface area contributed by atoms with E-state index in [-0.39, 0.29) is 0 Å². The molecule has 0 radical (unpaired) electrons. The molecule has 2 atom stereocenters. The number of rotatable bonds is 6. The Kier molecular flexibility index (Phi) is 5.14. The monoisotopic (exact) mass is 309 g/mol. The fourth-order valence-electron chi connectivity index (χ4n) is 3.60. The summed E-state index contributed by atoms with van der Waals surface area (Å²) in [5.74, 6) is 0.414. The summed E-state index contributed by atoms with van der Waals surface area (Å²) in [6.07, 6.45) is 7.13. The molecule has 1 saturated carbocycles. The first-order valence-corrected chi connectivity index (χ1v) is 8.76. The molecule has 2 nitrogen and oxygen atoms in total. The normalized spacial score (nSPS) is 24.0. The highest BCUT2D eigenvalue weighted by atomic mass is 16.3. The molecule has 122 valence electrons. The SMILES string of the molecule is N[C@]1(O)CC[C@@H](c2ccc(CCCCc3ccccc3)cc2)C1. The number of nitrogens with two attached hydrogens (primary N) is 1. The molecule has 2 heteroatoms. The van der Waals surface area contributed by atoms with Crippen molar-refractivity contribution in [3.63, 3.8) is 0 Å². The number of aliphatic hydroxyl groups is 1. The standard InChI is InChI=1S/C21H27NO/c22-21(23)15-14-20(16-21)19-12-10-18(11-13-19)9-5-4-8-17-6-2-1-3-7-17/h1-3,6-7,10-13,20,23H,4-5,8-9,14-16,22H2/t20-,21+/m1/s1. The van der Waals surface area contributed by atoms with Crippen LogP contribution in [0.25, 0.3) is 0 Å². The van der Waals surface area contributed by atoms with Gasteiger partial charge in [0.1, 0.15) is 5.72 Å². The molecule has 0 saturated heterocycles. The second-order valence-corrected chi connectivity index (χ2v) is 6.98.